The average molecular weight is 316 g/mol. The van der Waals surface area contributed by atoms with Crippen LogP contribution in [0.3, 0.4) is 0 Å². The Bertz CT molecular complexity index is 460. The van der Waals surface area contributed by atoms with E-state index in [4.69, 9.17) is 4.74 Å². The largest absolute Gasteiger partial charge is 0.379 e. The highest BCUT2D eigenvalue weighted by Gasteiger charge is 2.37. The van der Waals surface area contributed by atoms with Gasteiger partial charge >= 0.3 is 0 Å². The number of hydrogen-bond donors (Lipinski definition) is 0. The SMILES string of the molecule is CC(C)N1CCC(Cc2ccccc2)(CN2CCOCC2)CC1. The van der Waals surface area contributed by atoms with Gasteiger partial charge in [0.05, 0.1) is 13.2 Å². The number of nitrogens with zero attached hydrogens (tertiary/aromatic N) is 2. The molecule has 0 aromatic heterocycles. The molecule has 2 aliphatic heterocycles. The second-order valence-corrected chi connectivity index (χ2v) is 7.68. The van der Waals surface area contributed by atoms with E-state index in [1.807, 2.05) is 0 Å². The lowest BCUT2D eigenvalue weighted by Crippen LogP contribution is -2.51. The van der Waals surface area contributed by atoms with Crippen LogP contribution in [-0.4, -0.2) is 61.8 Å². The number of piperidine rings is 1. The van der Waals surface area contributed by atoms with E-state index >= 15 is 0 Å². The maximum atomic E-state index is 5.54. The number of likely N-dealkylation sites (tertiary alicyclic amines) is 1. The molecule has 2 saturated heterocycles. The molecule has 3 nitrogen and oxygen atoms in total. The van der Waals surface area contributed by atoms with E-state index in [0.29, 0.717) is 11.5 Å². The first-order valence-electron chi connectivity index (χ1n) is 9.25. The summed E-state index contributed by atoms with van der Waals surface area (Å²) in [6.45, 7) is 12.4. The van der Waals surface area contributed by atoms with Crippen LogP contribution in [0.1, 0.15) is 32.3 Å². The third kappa shape index (κ3) is 4.56. The van der Waals surface area contributed by atoms with Crippen molar-refractivity contribution in [3.8, 4) is 0 Å². The molecule has 23 heavy (non-hydrogen) atoms. The van der Waals surface area contributed by atoms with E-state index in [0.717, 1.165) is 26.3 Å². The molecule has 2 fully saturated rings. The van der Waals surface area contributed by atoms with Gasteiger partial charge in [0.2, 0.25) is 0 Å². The van der Waals surface area contributed by atoms with Crippen molar-refractivity contribution in [2.24, 2.45) is 5.41 Å². The molecule has 0 saturated carbocycles. The van der Waals surface area contributed by atoms with Crippen molar-refractivity contribution in [1.29, 1.82) is 0 Å². The molecule has 0 unspecified atom stereocenters. The second kappa shape index (κ2) is 7.78. The normalized spacial score (nSPS) is 23.3. The van der Waals surface area contributed by atoms with Gasteiger partial charge in [-0.1, -0.05) is 30.3 Å². The summed E-state index contributed by atoms with van der Waals surface area (Å²) in [5.74, 6) is 0. The molecular weight excluding hydrogens is 284 g/mol. The highest BCUT2D eigenvalue weighted by atomic mass is 16.5. The van der Waals surface area contributed by atoms with Crippen molar-refractivity contribution in [3.63, 3.8) is 0 Å². The van der Waals surface area contributed by atoms with Crippen molar-refractivity contribution in [2.45, 2.75) is 39.2 Å². The summed E-state index contributed by atoms with van der Waals surface area (Å²) >= 11 is 0. The molecule has 0 bridgehead atoms. The van der Waals surface area contributed by atoms with Gasteiger partial charge in [-0.3, -0.25) is 4.90 Å². The standard InChI is InChI=1S/C20H32N2O/c1-18(2)22-10-8-20(9-11-22,16-19-6-4-3-5-7-19)17-21-12-14-23-15-13-21/h3-7,18H,8-17H2,1-2H3. The Hall–Kier alpha value is -0.900. The Balaban J connectivity index is 1.70. The fourth-order valence-corrected chi connectivity index (χ4v) is 4.17. The van der Waals surface area contributed by atoms with E-state index in [1.54, 1.807) is 0 Å². The minimum atomic E-state index is 0.435. The summed E-state index contributed by atoms with van der Waals surface area (Å²) in [6, 6.07) is 11.8. The van der Waals surface area contributed by atoms with Crippen LogP contribution in [0.4, 0.5) is 0 Å². The molecule has 2 heterocycles. The molecular formula is C20H32N2O. The highest BCUT2D eigenvalue weighted by Crippen LogP contribution is 2.37. The zero-order valence-electron chi connectivity index (χ0n) is 14.8. The zero-order chi connectivity index (χ0) is 16.1. The van der Waals surface area contributed by atoms with E-state index in [-0.39, 0.29) is 0 Å². The van der Waals surface area contributed by atoms with Gasteiger partial charge < -0.3 is 9.64 Å². The fourth-order valence-electron chi connectivity index (χ4n) is 4.17. The van der Waals surface area contributed by atoms with Crippen molar-refractivity contribution >= 4 is 0 Å². The van der Waals surface area contributed by atoms with Crippen LogP contribution in [0.2, 0.25) is 0 Å². The topological polar surface area (TPSA) is 15.7 Å². The van der Waals surface area contributed by atoms with Crippen LogP contribution < -0.4 is 0 Å². The van der Waals surface area contributed by atoms with Crippen LogP contribution in [0.25, 0.3) is 0 Å². The van der Waals surface area contributed by atoms with Crippen molar-refractivity contribution in [3.05, 3.63) is 35.9 Å². The molecule has 3 heteroatoms. The van der Waals surface area contributed by atoms with Crippen molar-refractivity contribution in [2.75, 3.05) is 45.9 Å². The van der Waals surface area contributed by atoms with E-state index in [1.165, 1.54) is 44.5 Å². The minimum Gasteiger partial charge on any atom is -0.379 e. The van der Waals surface area contributed by atoms with Crippen molar-refractivity contribution < 1.29 is 4.74 Å². The van der Waals surface area contributed by atoms with Crippen LogP contribution in [-0.2, 0) is 11.2 Å². The van der Waals surface area contributed by atoms with Gasteiger partial charge in [0.1, 0.15) is 0 Å². The Kier molecular flexibility index (Phi) is 5.73. The molecule has 0 amide bonds. The highest BCUT2D eigenvalue weighted by molar-refractivity contribution is 5.17. The molecule has 0 aliphatic carbocycles. The molecule has 2 aliphatic rings. The third-order valence-corrected chi connectivity index (χ3v) is 5.67. The van der Waals surface area contributed by atoms with E-state index < -0.39 is 0 Å². The zero-order valence-corrected chi connectivity index (χ0v) is 14.8. The smallest absolute Gasteiger partial charge is 0.0594 e. The molecule has 1 aromatic rings. The summed E-state index contributed by atoms with van der Waals surface area (Å²) < 4.78 is 5.54. The lowest BCUT2D eigenvalue weighted by Gasteiger charge is -2.46. The summed E-state index contributed by atoms with van der Waals surface area (Å²) in [5, 5.41) is 0. The summed E-state index contributed by atoms with van der Waals surface area (Å²) in [4.78, 5) is 5.28. The fraction of sp³-hybridized carbons (Fsp3) is 0.700. The lowest BCUT2D eigenvalue weighted by atomic mass is 9.73. The monoisotopic (exact) mass is 316 g/mol. The van der Waals surface area contributed by atoms with E-state index in [9.17, 15) is 0 Å². The van der Waals surface area contributed by atoms with Crippen LogP contribution in [0.5, 0.6) is 0 Å². The lowest BCUT2D eigenvalue weighted by molar-refractivity contribution is -0.00507. The predicted octanol–water partition coefficient (Wildman–Crippen LogP) is 3.05. The molecule has 0 spiro atoms. The van der Waals surface area contributed by atoms with E-state index in [2.05, 4.69) is 54.0 Å². The average Bonchev–Trinajstić information content (AvgIpc) is 2.57. The number of benzene rings is 1. The number of rotatable bonds is 5. The number of morpholine rings is 1. The maximum Gasteiger partial charge on any atom is 0.0594 e. The first-order chi connectivity index (χ1) is 11.2. The van der Waals surface area contributed by atoms with Crippen LogP contribution >= 0.6 is 0 Å². The molecule has 0 atom stereocenters. The van der Waals surface area contributed by atoms with Gasteiger partial charge in [-0.25, -0.2) is 0 Å². The molecule has 128 valence electrons. The quantitative estimate of drug-likeness (QED) is 0.830. The molecule has 0 radical (unpaired) electrons. The summed E-state index contributed by atoms with van der Waals surface area (Å²) in [7, 11) is 0. The Morgan fingerprint density at radius 1 is 1.00 bits per heavy atom. The molecule has 0 N–H and O–H groups in total. The Morgan fingerprint density at radius 3 is 2.26 bits per heavy atom. The third-order valence-electron chi connectivity index (χ3n) is 5.67. The van der Waals surface area contributed by atoms with Crippen molar-refractivity contribution in [1.82, 2.24) is 9.80 Å². The second-order valence-electron chi connectivity index (χ2n) is 7.68. The maximum absolute atomic E-state index is 5.54. The molecule has 1 aromatic carbocycles. The van der Waals surface area contributed by atoms with Gasteiger partial charge in [0.25, 0.3) is 0 Å². The summed E-state index contributed by atoms with van der Waals surface area (Å²) in [6.07, 6.45) is 3.85. The Morgan fingerprint density at radius 2 is 1.65 bits per heavy atom. The molecule has 3 rings (SSSR count). The van der Waals surface area contributed by atoms with Gasteiger partial charge in [0.15, 0.2) is 0 Å². The van der Waals surface area contributed by atoms with Gasteiger partial charge in [-0.05, 0) is 57.2 Å². The number of hydrogen-bond acceptors (Lipinski definition) is 3. The minimum absolute atomic E-state index is 0.435. The first kappa shape index (κ1) is 16.9. The summed E-state index contributed by atoms with van der Waals surface area (Å²) in [5.41, 5.74) is 1.93. The van der Waals surface area contributed by atoms with Crippen LogP contribution in [0, 0.1) is 5.41 Å². The Labute approximate surface area is 141 Å². The number of ether oxygens (including phenoxy) is 1. The van der Waals surface area contributed by atoms with Gasteiger partial charge in [-0.15, -0.1) is 0 Å². The van der Waals surface area contributed by atoms with Crippen LogP contribution in [0.15, 0.2) is 30.3 Å². The van der Waals surface area contributed by atoms with Gasteiger partial charge in [0, 0.05) is 25.7 Å². The predicted molar refractivity (Wildman–Crippen MR) is 95.8 cm³/mol. The first-order valence-corrected chi connectivity index (χ1v) is 9.25. The van der Waals surface area contributed by atoms with Gasteiger partial charge in [-0.2, -0.15) is 0 Å².